The first-order valence-electron chi connectivity index (χ1n) is 5.15. The molecule has 4 N–H and O–H groups in total. The maximum atomic E-state index is 11.8. The molecule has 1 rings (SSSR count). The van der Waals surface area contributed by atoms with Crippen LogP contribution in [0.5, 0.6) is 0 Å². The summed E-state index contributed by atoms with van der Waals surface area (Å²) in [7, 11) is 0. The summed E-state index contributed by atoms with van der Waals surface area (Å²) < 4.78 is 0. The highest BCUT2D eigenvalue weighted by Crippen LogP contribution is 2.04. The van der Waals surface area contributed by atoms with Crippen molar-refractivity contribution >= 4 is 17.8 Å². The number of hydrogen-bond donors (Lipinski definition) is 3. The van der Waals surface area contributed by atoms with Crippen molar-refractivity contribution in [2.75, 3.05) is 0 Å². The molecule has 96 valence electrons. The zero-order chi connectivity index (χ0) is 13.7. The van der Waals surface area contributed by atoms with Gasteiger partial charge in [-0.15, -0.1) is 0 Å². The van der Waals surface area contributed by atoms with Crippen LogP contribution >= 0.6 is 0 Å². The molecule has 1 heterocycles. The van der Waals surface area contributed by atoms with E-state index in [1.807, 2.05) is 0 Å². The Labute approximate surface area is 103 Å². The molecule has 0 aliphatic heterocycles. The fourth-order valence-electron chi connectivity index (χ4n) is 1.36. The average Bonchev–Trinajstić information content (AvgIpc) is 2.27. The third kappa shape index (κ3) is 3.55. The summed E-state index contributed by atoms with van der Waals surface area (Å²) in [6.07, 6.45) is 1.06. The van der Waals surface area contributed by atoms with Crippen LogP contribution in [0, 0.1) is 6.92 Å². The molecule has 0 aliphatic rings. The fraction of sp³-hybridized carbons (Fsp3) is 0.273. The standard InChI is InChI=1S/C11H13N3O4/c1-6-7(3-2-4-13-6)10(16)14-8(11(17)18)5-9(12)15/h2-4,8H,5H2,1H3,(H2,12,15)(H,14,16)(H,17,18)/t8-/m0/s1. The predicted molar refractivity (Wildman–Crippen MR) is 61.7 cm³/mol. The predicted octanol–water partition coefficient (Wildman–Crippen LogP) is -0.552. The van der Waals surface area contributed by atoms with Gasteiger partial charge in [0.05, 0.1) is 12.0 Å². The molecule has 1 aromatic rings. The van der Waals surface area contributed by atoms with Crippen molar-refractivity contribution in [1.82, 2.24) is 10.3 Å². The molecule has 0 aromatic carbocycles. The van der Waals surface area contributed by atoms with Gasteiger partial charge in [0.25, 0.3) is 5.91 Å². The van der Waals surface area contributed by atoms with E-state index in [-0.39, 0.29) is 5.56 Å². The maximum absolute atomic E-state index is 11.8. The molecule has 0 aliphatic carbocycles. The number of primary amides is 1. The zero-order valence-electron chi connectivity index (χ0n) is 9.71. The van der Waals surface area contributed by atoms with Crippen molar-refractivity contribution in [2.45, 2.75) is 19.4 Å². The van der Waals surface area contributed by atoms with Crippen LogP contribution in [0.1, 0.15) is 22.5 Å². The highest BCUT2D eigenvalue weighted by atomic mass is 16.4. The lowest BCUT2D eigenvalue weighted by molar-refractivity contribution is -0.140. The highest BCUT2D eigenvalue weighted by Gasteiger charge is 2.23. The quantitative estimate of drug-likeness (QED) is 0.648. The summed E-state index contributed by atoms with van der Waals surface area (Å²) in [5.74, 6) is -2.72. The summed E-state index contributed by atoms with van der Waals surface area (Å²) in [6.45, 7) is 1.62. The summed E-state index contributed by atoms with van der Waals surface area (Å²) in [5, 5.41) is 11.1. The van der Waals surface area contributed by atoms with Crippen molar-refractivity contribution in [1.29, 1.82) is 0 Å². The Hall–Kier alpha value is -2.44. The molecule has 0 unspecified atom stereocenters. The number of aliphatic carboxylic acids is 1. The first-order valence-corrected chi connectivity index (χ1v) is 5.15. The SMILES string of the molecule is Cc1ncccc1C(=O)N[C@@H](CC(N)=O)C(=O)O. The number of hydrogen-bond acceptors (Lipinski definition) is 4. The molecule has 0 bridgehead atoms. The first-order chi connectivity index (χ1) is 8.41. The number of carbonyl (C=O) groups is 3. The molecule has 0 fully saturated rings. The number of rotatable bonds is 5. The number of carboxylic acids is 1. The largest absolute Gasteiger partial charge is 0.480 e. The van der Waals surface area contributed by atoms with E-state index < -0.39 is 30.2 Å². The second-order valence-corrected chi connectivity index (χ2v) is 3.67. The van der Waals surface area contributed by atoms with Crippen molar-refractivity contribution in [3.8, 4) is 0 Å². The Morgan fingerprint density at radius 3 is 2.67 bits per heavy atom. The fourth-order valence-corrected chi connectivity index (χ4v) is 1.36. The number of aryl methyl sites for hydroxylation is 1. The molecule has 1 atom stereocenters. The monoisotopic (exact) mass is 251 g/mol. The minimum absolute atomic E-state index is 0.258. The lowest BCUT2D eigenvalue weighted by atomic mass is 10.1. The molecule has 7 heteroatoms. The lowest BCUT2D eigenvalue weighted by Crippen LogP contribution is -2.43. The third-order valence-electron chi connectivity index (χ3n) is 2.26. The molecular weight excluding hydrogens is 238 g/mol. The van der Waals surface area contributed by atoms with Crippen LogP contribution in [0.25, 0.3) is 0 Å². The van der Waals surface area contributed by atoms with Gasteiger partial charge in [-0.05, 0) is 19.1 Å². The van der Waals surface area contributed by atoms with E-state index in [9.17, 15) is 14.4 Å². The number of carboxylic acid groups (broad SMARTS) is 1. The number of nitrogens with one attached hydrogen (secondary N) is 1. The van der Waals surface area contributed by atoms with Crippen molar-refractivity contribution in [3.05, 3.63) is 29.6 Å². The summed E-state index contributed by atoms with van der Waals surface area (Å²) in [6, 6.07) is 1.74. The Bertz CT molecular complexity index is 487. The molecule has 18 heavy (non-hydrogen) atoms. The topological polar surface area (TPSA) is 122 Å². The third-order valence-corrected chi connectivity index (χ3v) is 2.26. The lowest BCUT2D eigenvalue weighted by Gasteiger charge is -2.13. The van der Waals surface area contributed by atoms with Gasteiger partial charge in [0.1, 0.15) is 6.04 Å². The van der Waals surface area contributed by atoms with E-state index in [1.165, 1.54) is 12.3 Å². The van der Waals surface area contributed by atoms with E-state index >= 15 is 0 Å². The van der Waals surface area contributed by atoms with Gasteiger partial charge in [0, 0.05) is 11.9 Å². The molecular formula is C11H13N3O4. The van der Waals surface area contributed by atoms with Gasteiger partial charge in [-0.2, -0.15) is 0 Å². The molecule has 0 saturated carbocycles. The van der Waals surface area contributed by atoms with Gasteiger partial charge in [0.2, 0.25) is 5.91 Å². The molecule has 7 nitrogen and oxygen atoms in total. The summed E-state index contributed by atoms with van der Waals surface area (Å²) >= 11 is 0. The normalized spacial score (nSPS) is 11.6. The van der Waals surface area contributed by atoms with Gasteiger partial charge >= 0.3 is 5.97 Å². The van der Waals surface area contributed by atoms with Crippen molar-refractivity contribution < 1.29 is 19.5 Å². The van der Waals surface area contributed by atoms with Crippen LogP contribution in [0.2, 0.25) is 0 Å². The van der Waals surface area contributed by atoms with Crippen LogP contribution in [0.3, 0.4) is 0 Å². The van der Waals surface area contributed by atoms with Gasteiger partial charge in [0.15, 0.2) is 0 Å². The Morgan fingerprint density at radius 2 is 2.17 bits per heavy atom. The molecule has 2 amide bonds. The van der Waals surface area contributed by atoms with E-state index in [0.717, 1.165) is 0 Å². The van der Waals surface area contributed by atoms with Crippen LogP contribution in [0.15, 0.2) is 18.3 Å². The van der Waals surface area contributed by atoms with Gasteiger partial charge in [-0.25, -0.2) is 4.79 Å². The minimum atomic E-state index is -1.34. The average molecular weight is 251 g/mol. The second-order valence-electron chi connectivity index (χ2n) is 3.67. The Kier molecular flexibility index (Phi) is 4.36. The molecule has 1 aromatic heterocycles. The van der Waals surface area contributed by atoms with Crippen molar-refractivity contribution in [2.24, 2.45) is 5.73 Å². The number of nitrogens with two attached hydrogens (primary N) is 1. The zero-order valence-corrected chi connectivity index (χ0v) is 9.71. The van der Waals surface area contributed by atoms with Crippen LogP contribution in [-0.4, -0.2) is 33.9 Å². The van der Waals surface area contributed by atoms with Gasteiger partial charge in [-0.3, -0.25) is 14.6 Å². The second kappa shape index (κ2) is 5.76. The van der Waals surface area contributed by atoms with Crippen LogP contribution < -0.4 is 11.1 Å². The van der Waals surface area contributed by atoms with Gasteiger partial charge < -0.3 is 16.2 Å². The van der Waals surface area contributed by atoms with E-state index in [4.69, 9.17) is 10.8 Å². The smallest absolute Gasteiger partial charge is 0.326 e. The number of aromatic nitrogens is 1. The van der Waals surface area contributed by atoms with Crippen LogP contribution in [0.4, 0.5) is 0 Å². The molecule has 0 saturated heterocycles. The Balaban J connectivity index is 2.82. The summed E-state index contributed by atoms with van der Waals surface area (Å²) in [5.41, 5.74) is 5.64. The van der Waals surface area contributed by atoms with Crippen LogP contribution in [-0.2, 0) is 9.59 Å². The van der Waals surface area contributed by atoms with E-state index in [1.54, 1.807) is 13.0 Å². The molecule has 0 radical (unpaired) electrons. The van der Waals surface area contributed by atoms with E-state index in [2.05, 4.69) is 10.3 Å². The number of nitrogens with zero attached hydrogens (tertiary/aromatic N) is 1. The molecule has 0 spiro atoms. The number of pyridine rings is 1. The first kappa shape index (κ1) is 13.6. The number of carbonyl (C=O) groups excluding carboxylic acids is 2. The van der Waals surface area contributed by atoms with Crippen molar-refractivity contribution in [3.63, 3.8) is 0 Å². The highest BCUT2D eigenvalue weighted by molar-refractivity contribution is 5.98. The van der Waals surface area contributed by atoms with Gasteiger partial charge in [-0.1, -0.05) is 0 Å². The van der Waals surface area contributed by atoms with E-state index in [0.29, 0.717) is 5.69 Å². The maximum Gasteiger partial charge on any atom is 0.326 e. The Morgan fingerprint density at radius 1 is 1.50 bits per heavy atom. The minimum Gasteiger partial charge on any atom is -0.480 e. The summed E-state index contributed by atoms with van der Waals surface area (Å²) in [4.78, 5) is 37.3. The number of amides is 2.